The lowest BCUT2D eigenvalue weighted by atomic mass is 10.0. The van der Waals surface area contributed by atoms with E-state index in [1.54, 1.807) is 12.1 Å². The number of hydrogen-bond donors (Lipinski definition) is 1. The summed E-state index contributed by atoms with van der Waals surface area (Å²) in [6.07, 6.45) is -1.75. The van der Waals surface area contributed by atoms with Crippen molar-refractivity contribution in [1.29, 1.82) is 0 Å². The molecule has 0 atom stereocenters. The second-order valence-corrected chi connectivity index (χ2v) is 7.34. The Morgan fingerprint density at radius 3 is 2.46 bits per heavy atom. The van der Waals surface area contributed by atoms with Gasteiger partial charge in [-0.1, -0.05) is 38.1 Å². The Morgan fingerprint density at radius 2 is 1.89 bits per heavy atom. The first-order chi connectivity index (χ1) is 13.2. The van der Waals surface area contributed by atoms with Crippen LogP contribution in [0.15, 0.2) is 36.5 Å². The van der Waals surface area contributed by atoms with Crippen molar-refractivity contribution < 1.29 is 18.0 Å². The second-order valence-electron chi connectivity index (χ2n) is 7.34. The topological polar surface area (TPSA) is 59.3 Å². The maximum absolute atomic E-state index is 13.6. The fraction of sp³-hybridized carbons (Fsp3) is 0.350. The van der Waals surface area contributed by atoms with Gasteiger partial charge in [0.2, 0.25) is 0 Å². The van der Waals surface area contributed by atoms with E-state index in [-0.39, 0.29) is 22.9 Å². The van der Waals surface area contributed by atoms with Crippen molar-refractivity contribution in [2.75, 3.05) is 0 Å². The van der Waals surface area contributed by atoms with Gasteiger partial charge < -0.3 is 5.32 Å². The van der Waals surface area contributed by atoms with Gasteiger partial charge in [0, 0.05) is 11.6 Å². The molecule has 0 bridgehead atoms. The summed E-state index contributed by atoms with van der Waals surface area (Å²) >= 11 is 0. The maximum atomic E-state index is 13.6. The molecule has 1 aromatic carbocycles. The van der Waals surface area contributed by atoms with E-state index >= 15 is 0 Å². The zero-order chi connectivity index (χ0) is 20.1. The minimum Gasteiger partial charge on any atom is -0.349 e. The molecule has 0 saturated heterocycles. The van der Waals surface area contributed by atoms with E-state index in [4.69, 9.17) is 0 Å². The van der Waals surface area contributed by atoms with Crippen LogP contribution in [0.3, 0.4) is 0 Å². The SMILES string of the molecule is CC(C)c1ccc(-c2cc(C(F)(F)F)n3ncc(C(=O)NC4CC4)c3n2)cc1. The molecule has 2 heterocycles. The molecule has 2 aromatic heterocycles. The lowest BCUT2D eigenvalue weighted by molar-refractivity contribution is -0.142. The number of hydrogen-bond acceptors (Lipinski definition) is 3. The van der Waals surface area contributed by atoms with E-state index in [1.165, 1.54) is 0 Å². The molecule has 5 nitrogen and oxygen atoms in total. The van der Waals surface area contributed by atoms with Crippen LogP contribution in [-0.4, -0.2) is 26.5 Å². The van der Waals surface area contributed by atoms with Gasteiger partial charge in [-0.25, -0.2) is 9.50 Å². The fourth-order valence-corrected chi connectivity index (χ4v) is 3.00. The van der Waals surface area contributed by atoms with Crippen LogP contribution in [0, 0.1) is 0 Å². The quantitative estimate of drug-likeness (QED) is 0.719. The first-order valence-corrected chi connectivity index (χ1v) is 9.11. The minimum absolute atomic E-state index is 0.0399. The van der Waals surface area contributed by atoms with Crippen molar-refractivity contribution in [2.24, 2.45) is 0 Å². The average Bonchev–Trinajstić information content (AvgIpc) is 3.35. The Morgan fingerprint density at radius 1 is 1.21 bits per heavy atom. The Hall–Kier alpha value is -2.90. The molecule has 0 spiro atoms. The molecule has 1 fully saturated rings. The van der Waals surface area contributed by atoms with Gasteiger partial charge in [0.25, 0.3) is 5.91 Å². The number of amides is 1. The third-order valence-electron chi connectivity index (χ3n) is 4.79. The summed E-state index contributed by atoms with van der Waals surface area (Å²) in [5.74, 6) is -0.145. The molecule has 3 aromatic rings. The van der Waals surface area contributed by atoms with Crippen molar-refractivity contribution in [3.8, 4) is 11.3 Å². The zero-order valence-electron chi connectivity index (χ0n) is 15.4. The molecule has 0 aliphatic heterocycles. The van der Waals surface area contributed by atoms with Gasteiger partial charge >= 0.3 is 6.18 Å². The molecule has 0 radical (unpaired) electrons. The number of aromatic nitrogens is 3. The van der Waals surface area contributed by atoms with E-state index in [2.05, 4.69) is 15.4 Å². The number of alkyl halides is 3. The molecule has 28 heavy (non-hydrogen) atoms. The highest BCUT2D eigenvalue weighted by molar-refractivity contribution is 6.00. The Balaban J connectivity index is 1.85. The molecular weight excluding hydrogens is 369 g/mol. The number of carbonyl (C=O) groups excluding carboxylic acids is 1. The van der Waals surface area contributed by atoms with Gasteiger partial charge in [0.05, 0.1) is 11.9 Å². The number of benzene rings is 1. The molecule has 1 amide bonds. The number of rotatable bonds is 4. The molecule has 146 valence electrons. The molecule has 8 heteroatoms. The molecule has 1 aliphatic rings. The van der Waals surface area contributed by atoms with E-state index < -0.39 is 17.8 Å². The first kappa shape index (κ1) is 18.5. The minimum atomic E-state index is -4.63. The highest BCUT2D eigenvalue weighted by atomic mass is 19.4. The van der Waals surface area contributed by atoms with Gasteiger partial charge in [0.15, 0.2) is 11.3 Å². The van der Waals surface area contributed by atoms with Crippen LogP contribution in [0.1, 0.15) is 54.2 Å². The Kier molecular flexibility index (Phi) is 4.36. The van der Waals surface area contributed by atoms with Crippen LogP contribution >= 0.6 is 0 Å². The predicted octanol–water partition coefficient (Wildman–Crippen LogP) is 4.43. The number of carbonyl (C=O) groups is 1. The second kappa shape index (κ2) is 6.61. The van der Waals surface area contributed by atoms with Gasteiger partial charge in [-0.3, -0.25) is 4.79 Å². The van der Waals surface area contributed by atoms with Gasteiger partial charge in [-0.15, -0.1) is 0 Å². The monoisotopic (exact) mass is 388 g/mol. The fourth-order valence-electron chi connectivity index (χ4n) is 3.00. The summed E-state index contributed by atoms with van der Waals surface area (Å²) in [7, 11) is 0. The number of fused-ring (bicyclic) bond motifs is 1. The average molecular weight is 388 g/mol. The van der Waals surface area contributed by atoms with E-state index in [1.807, 2.05) is 26.0 Å². The first-order valence-electron chi connectivity index (χ1n) is 9.11. The summed E-state index contributed by atoms with van der Waals surface area (Å²) in [5, 5.41) is 6.55. The van der Waals surface area contributed by atoms with E-state index in [0.717, 1.165) is 30.7 Å². The molecule has 4 rings (SSSR count). The van der Waals surface area contributed by atoms with Gasteiger partial charge in [-0.05, 0) is 30.4 Å². The third kappa shape index (κ3) is 3.46. The van der Waals surface area contributed by atoms with Crippen molar-refractivity contribution in [1.82, 2.24) is 19.9 Å². The Labute approximate surface area is 159 Å². The highest BCUT2D eigenvalue weighted by Gasteiger charge is 2.36. The van der Waals surface area contributed by atoms with Crippen LogP contribution in [0.2, 0.25) is 0 Å². The third-order valence-corrected chi connectivity index (χ3v) is 4.79. The summed E-state index contributed by atoms with van der Waals surface area (Å²) in [5.41, 5.74) is 0.748. The van der Waals surface area contributed by atoms with Gasteiger partial charge in [0.1, 0.15) is 5.56 Å². The van der Waals surface area contributed by atoms with E-state index in [9.17, 15) is 18.0 Å². The molecule has 1 saturated carbocycles. The van der Waals surface area contributed by atoms with E-state index in [0.29, 0.717) is 16.0 Å². The number of nitrogens with one attached hydrogen (secondary N) is 1. The summed E-state index contributed by atoms with van der Waals surface area (Å²) in [6.45, 7) is 4.08. The number of halogens is 3. The van der Waals surface area contributed by atoms with Crippen LogP contribution in [0.4, 0.5) is 13.2 Å². The standard InChI is InChI=1S/C20H19F3N4O/c1-11(2)12-3-5-13(6-4-12)16-9-17(20(21,22)23)27-18(26-16)15(10-24-27)19(28)25-14-7-8-14/h3-6,9-11,14H,7-8H2,1-2H3,(H,25,28). The lowest BCUT2D eigenvalue weighted by Crippen LogP contribution is -2.25. The molecule has 1 N–H and O–H groups in total. The largest absolute Gasteiger partial charge is 0.433 e. The number of nitrogens with zero attached hydrogens (tertiary/aromatic N) is 3. The summed E-state index contributed by atoms with van der Waals surface area (Å²) in [4.78, 5) is 16.8. The molecular formula is C20H19F3N4O. The summed E-state index contributed by atoms with van der Waals surface area (Å²) < 4.78 is 41.6. The van der Waals surface area contributed by atoms with Crippen LogP contribution in [0.5, 0.6) is 0 Å². The van der Waals surface area contributed by atoms with Crippen LogP contribution in [0.25, 0.3) is 16.9 Å². The van der Waals surface area contributed by atoms with Crippen molar-refractivity contribution >= 4 is 11.6 Å². The highest BCUT2D eigenvalue weighted by Crippen LogP contribution is 2.33. The predicted molar refractivity (Wildman–Crippen MR) is 98.0 cm³/mol. The molecule has 0 unspecified atom stereocenters. The lowest BCUT2D eigenvalue weighted by Gasteiger charge is -2.12. The van der Waals surface area contributed by atoms with Crippen molar-refractivity contribution in [3.05, 3.63) is 53.3 Å². The smallest absolute Gasteiger partial charge is 0.349 e. The molecule has 1 aliphatic carbocycles. The normalized spacial score (nSPS) is 14.6. The maximum Gasteiger partial charge on any atom is 0.433 e. The van der Waals surface area contributed by atoms with Crippen LogP contribution in [-0.2, 0) is 6.18 Å². The van der Waals surface area contributed by atoms with Gasteiger partial charge in [-0.2, -0.15) is 18.3 Å². The van der Waals surface area contributed by atoms with Crippen LogP contribution < -0.4 is 5.32 Å². The summed E-state index contributed by atoms with van der Waals surface area (Å²) in [6, 6.07) is 8.28. The Bertz CT molecular complexity index is 1030. The van der Waals surface area contributed by atoms with Crippen molar-refractivity contribution in [2.45, 2.75) is 44.8 Å². The van der Waals surface area contributed by atoms with Crippen molar-refractivity contribution in [3.63, 3.8) is 0 Å². The zero-order valence-corrected chi connectivity index (χ0v) is 15.4.